The molecule has 2 atom stereocenters. The summed E-state index contributed by atoms with van der Waals surface area (Å²) < 4.78 is 5.17. The zero-order chi connectivity index (χ0) is 16.7. The van der Waals surface area contributed by atoms with Gasteiger partial charge in [0.15, 0.2) is 0 Å². The number of pyridine rings is 1. The highest BCUT2D eigenvalue weighted by molar-refractivity contribution is 6.06. The minimum atomic E-state index is -0.855. The zero-order valence-corrected chi connectivity index (χ0v) is 13.4. The Bertz CT molecular complexity index is 783. The largest absolute Gasteiger partial charge is 0.481 e. The molecule has 1 amide bonds. The van der Waals surface area contributed by atoms with Crippen molar-refractivity contribution in [3.63, 3.8) is 0 Å². The molecular weight excluding hydrogens is 298 g/mol. The van der Waals surface area contributed by atoms with Gasteiger partial charge in [-0.3, -0.25) is 9.59 Å². The van der Waals surface area contributed by atoms with E-state index in [4.69, 9.17) is 4.52 Å². The summed E-state index contributed by atoms with van der Waals surface area (Å²) in [7, 11) is 0. The quantitative estimate of drug-likeness (QED) is 0.911. The minimum Gasteiger partial charge on any atom is -0.481 e. The molecule has 1 N–H and O–H groups in total. The van der Waals surface area contributed by atoms with E-state index in [0.29, 0.717) is 40.9 Å². The predicted molar refractivity (Wildman–Crippen MR) is 82.1 cm³/mol. The number of aromatic nitrogens is 2. The summed E-state index contributed by atoms with van der Waals surface area (Å²) in [5.41, 5.74) is 2.08. The molecule has 7 heteroatoms. The SMILES string of the molecule is Cc1cc(C(=O)N2CC(C(=O)O)CCC2C)c2c(C)noc2n1. The average Bonchev–Trinajstić information content (AvgIpc) is 2.87. The van der Waals surface area contributed by atoms with Gasteiger partial charge in [-0.2, -0.15) is 0 Å². The molecule has 0 aliphatic carbocycles. The van der Waals surface area contributed by atoms with Crippen molar-refractivity contribution in [3.05, 3.63) is 23.0 Å². The summed E-state index contributed by atoms with van der Waals surface area (Å²) in [5.74, 6) is -1.56. The lowest BCUT2D eigenvalue weighted by Crippen LogP contribution is -2.47. The Balaban J connectivity index is 2.02. The lowest BCUT2D eigenvalue weighted by Gasteiger charge is -2.36. The Labute approximate surface area is 133 Å². The number of rotatable bonds is 2. The topological polar surface area (TPSA) is 96.5 Å². The molecule has 2 aromatic rings. The number of aryl methyl sites for hydroxylation is 2. The van der Waals surface area contributed by atoms with Crippen LogP contribution in [0.3, 0.4) is 0 Å². The van der Waals surface area contributed by atoms with Gasteiger partial charge in [0, 0.05) is 18.3 Å². The third-order valence-corrected chi connectivity index (χ3v) is 4.47. The van der Waals surface area contributed by atoms with E-state index in [1.54, 1.807) is 24.8 Å². The number of carbonyl (C=O) groups excluding carboxylic acids is 1. The van der Waals surface area contributed by atoms with Gasteiger partial charge in [0.2, 0.25) is 0 Å². The molecule has 2 aromatic heterocycles. The summed E-state index contributed by atoms with van der Waals surface area (Å²) in [4.78, 5) is 30.2. The second kappa shape index (κ2) is 5.64. The van der Waals surface area contributed by atoms with Crippen LogP contribution in [0.15, 0.2) is 10.6 Å². The van der Waals surface area contributed by atoms with Crippen molar-refractivity contribution in [2.45, 2.75) is 39.7 Å². The van der Waals surface area contributed by atoms with Crippen LogP contribution in [0, 0.1) is 19.8 Å². The number of hydrogen-bond acceptors (Lipinski definition) is 5. The summed E-state index contributed by atoms with van der Waals surface area (Å²) >= 11 is 0. The van der Waals surface area contributed by atoms with Gasteiger partial charge in [-0.05, 0) is 39.7 Å². The standard InChI is InChI=1S/C16H19N3O4/c1-8-6-12(13-10(3)18-23-14(13)17-8)15(20)19-7-11(16(21)22)5-4-9(19)2/h6,9,11H,4-5,7H2,1-3H3,(H,21,22). The number of nitrogens with zero attached hydrogens (tertiary/aromatic N) is 3. The number of fused-ring (bicyclic) bond motifs is 1. The van der Waals surface area contributed by atoms with E-state index < -0.39 is 11.9 Å². The van der Waals surface area contributed by atoms with Crippen LogP contribution in [0.25, 0.3) is 11.1 Å². The van der Waals surface area contributed by atoms with Crippen LogP contribution in [-0.2, 0) is 4.79 Å². The predicted octanol–water partition coefficient (Wildman–Crippen LogP) is 2.16. The molecule has 122 valence electrons. The van der Waals surface area contributed by atoms with Gasteiger partial charge in [0.25, 0.3) is 11.6 Å². The molecule has 0 aromatic carbocycles. The monoisotopic (exact) mass is 317 g/mol. The highest BCUT2D eigenvalue weighted by Crippen LogP contribution is 2.28. The Hall–Kier alpha value is -2.44. The minimum absolute atomic E-state index is 0.00166. The van der Waals surface area contributed by atoms with Crippen LogP contribution in [0.1, 0.15) is 41.5 Å². The van der Waals surface area contributed by atoms with Crippen LogP contribution in [0.4, 0.5) is 0 Å². The summed E-state index contributed by atoms with van der Waals surface area (Å²) in [6.45, 7) is 5.72. The van der Waals surface area contributed by atoms with Crippen LogP contribution >= 0.6 is 0 Å². The van der Waals surface area contributed by atoms with Crippen molar-refractivity contribution in [2.75, 3.05) is 6.54 Å². The van der Waals surface area contributed by atoms with E-state index in [9.17, 15) is 14.7 Å². The van der Waals surface area contributed by atoms with Gasteiger partial charge in [0.1, 0.15) is 0 Å². The molecule has 23 heavy (non-hydrogen) atoms. The lowest BCUT2D eigenvalue weighted by molar-refractivity contribution is -0.143. The van der Waals surface area contributed by atoms with Crippen molar-refractivity contribution in [3.8, 4) is 0 Å². The Morgan fingerprint density at radius 3 is 2.78 bits per heavy atom. The van der Waals surface area contributed by atoms with Gasteiger partial charge >= 0.3 is 5.97 Å². The van der Waals surface area contributed by atoms with Gasteiger partial charge < -0.3 is 14.5 Å². The summed E-state index contributed by atoms with van der Waals surface area (Å²) in [6.07, 6.45) is 1.27. The van der Waals surface area contributed by atoms with Crippen molar-refractivity contribution in [1.29, 1.82) is 0 Å². The van der Waals surface area contributed by atoms with E-state index in [-0.39, 0.29) is 18.5 Å². The Morgan fingerprint density at radius 1 is 1.35 bits per heavy atom. The smallest absolute Gasteiger partial charge is 0.308 e. The molecule has 0 radical (unpaired) electrons. The Kier molecular flexibility index (Phi) is 3.79. The Morgan fingerprint density at radius 2 is 2.09 bits per heavy atom. The van der Waals surface area contributed by atoms with Gasteiger partial charge in [-0.25, -0.2) is 4.98 Å². The summed E-state index contributed by atoms with van der Waals surface area (Å²) in [6, 6.07) is 1.72. The summed E-state index contributed by atoms with van der Waals surface area (Å²) in [5, 5.41) is 13.7. The number of carbonyl (C=O) groups is 2. The second-order valence-corrected chi connectivity index (χ2v) is 6.18. The van der Waals surface area contributed by atoms with E-state index in [1.165, 1.54) is 0 Å². The molecule has 1 aliphatic rings. The number of carboxylic acid groups (broad SMARTS) is 1. The molecule has 1 aliphatic heterocycles. The number of amides is 1. The fourth-order valence-electron chi connectivity index (χ4n) is 3.13. The molecule has 3 heterocycles. The van der Waals surface area contributed by atoms with Gasteiger partial charge in [0.05, 0.1) is 22.6 Å². The first-order valence-electron chi connectivity index (χ1n) is 7.66. The lowest BCUT2D eigenvalue weighted by atomic mass is 9.92. The number of carboxylic acids is 1. The molecule has 3 rings (SSSR count). The van der Waals surface area contributed by atoms with Crippen molar-refractivity contribution < 1.29 is 19.2 Å². The highest BCUT2D eigenvalue weighted by atomic mass is 16.5. The van der Waals surface area contributed by atoms with Crippen LogP contribution < -0.4 is 0 Å². The van der Waals surface area contributed by atoms with Crippen molar-refractivity contribution >= 4 is 23.0 Å². The fraction of sp³-hybridized carbons (Fsp3) is 0.500. The fourth-order valence-corrected chi connectivity index (χ4v) is 3.13. The number of likely N-dealkylation sites (tertiary alicyclic amines) is 1. The molecule has 1 saturated heterocycles. The third-order valence-electron chi connectivity index (χ3n) is 4.47. The molecular formula is C16H19N3O4. The maximum Gasteiger partial charge on any atom is 0.308 e. The number of hydrogen-bond donors (Lipinski definition) is 1. The zero-order valence-electron chi connectivity index (χ0n) is 13.4. The molecule has 7 nitrogen and oxygen atoms in total. The van der Waals surface area contributed by atoms with Gasteiger partial charge in [-0.1, -0.05) is 5.16 Å². The van der Waals surface area contributed by atoms with E-state index >= 15 is 0 Å². The average molecular weight is 317 g/mol. The van der Waals surface area contributed by atoms with Gasteiger partial charge in [-0.15, -0.1) is 0 Å². The molecule has 1 fully saturated rings. The first-order valence-corrected chi connectivity index (χ1v) is 7.66. The van der Waals surface area contributed by atoms with Crippen LogP contribution in [0.5, 0.6) is 0 Å². The molecule has 0 spiro atoms. The second-order valence-electron chi connectivity index (χ2n) is 6.18. The number of piperidine rings is 1. The van der Waals surface area contributed by atoms with E-state index in [0.717, 1.165) is 0 Å². The maximum atomic E-state index is 13.0. The van der Waals surface area contributed by atoms with E-state index in [2.05, 4.69) is 10.1 Å². The van der Waals surface area contributed by atoms with Crippen molar-refractivity contribution in [1.82, 2.24) is 15.0 Å². The first-order chi connectivity index (χ1) is 10.9. The van der Waals surface area contributed by atoms with Crippen LogP contribution in [0.2, 0.25) is 0 Å². The van der Waals surface area contributed by atoms with Crippen molar-refractivity contribution in [2.24, 2.45) is 5.92 Å². The van der Waals surface area contributed by atoms with Crippen LogP contribution in [-0.4, -0.2) is 44.6 Å². The molecule has 2 unspecified atom stereocenters. The highest BCUT2D eigenvalue weighted by Gasteiger charge is 2.34. The molecule has 0 saturated carbocycles. The molecule has 0 bridgehead atoms. The normalized spacial score (nSPS) is 21.6. The van der Waals surface area contributed by atoms with E-state index in [1.807, 2.05) is 6.92 Å². The third kappa shape index (κ3) is 2.67. The number of aliphatic carboxylic acids is 1. The maximum absolute atomic E-state index is 13.0. The first kappa shape index (κ1) is 15.5.